The summed E-state index contributed by atoms with van der Waals surface area (Å²) in [6, 6.07) is 16.3. The van der Waals surface area contributed by atoms with Gasteiger partial charge in [0.2, 0.25) is 11.8 Å². The summed E-state index contributed by atoms with van der Waals surface area (Å²) in [6.45, 7) is 1.19. The summed E-state index contributed by atoms with van der Waals surface area (Å²) in [7, 11) is 0. The summed E-state index contributed by atoms with van der Waals surface area (Å²) in [5.74, 6) is -0.0159. The third kappa shape index (κ3) is 5.34. The fourth-order valence-electron chi connectivity index (χ4n) is 3.94. The van der Waals surface area contributed by atoms with Crippen molar-refractivity contribution in [3.63, 3.8) is 0 Å². The molecule has 0 unspecified atom stereocenters. The summed E-state index contributed by atoms with van der Waals surface area (Å²) in [5, 5.41) is 8.29. The SMILES string of the molecule is O=C(CCCC(=O)NCCc1c[nH]c2ccccc12)NCCc1c[nH]c2ccccc12. The molecular formula is C25H28N4O2. The smallest absolute Gasteiger partial charge is 0.220 e. The molecule has 0 aliphatic heterocycles. The van der Waals surface area contributed by atoms with Crippen molar-refractivity contribution in [2.24, 2.45) is 0 Å². The van der Waals surface area contributed by atoms with E-state index in [1.165, 1.54) is 21.9 Å². The Morgan fingerprint density at radius 3 is 1.61 bits per heavy atom. The third-order valence-corrected chi connectivity index (χ3v) is 5.59. The minimum absolute atomic E-state index is 0.00793. The molecule has 0 radical (unpaired) electrons. The standard InChI is InChI=1S/C25H28N4O2/c30-24(26-14-12-18-16-28-22-8-3-1-6-20(18)22)10-5-11-25(31)27-15-13-19-17-29-23-9-4-2-7-21(19)23/h1-4,6-9,16-17,28-29H,5,10-15H2,(H,26,30)(H,27,31). The molecule has 31 heavy (non-hydrogen) atoms. The highest BCUT2D eigenvalue weighted by Crippen LogP contribution is 2.18. The lowest BCUT2D eigenvalue weighted by molar-refractivity contribution is -0.122. The van der Waals surface area contributed by atoms with Crippen LogP contribution in [0.3, 0.4) is 0 Å². The zero-order chi connectivity index (χ0) is 21.5. The number of hydrogen-bond donors (Lipinski definition) is 4. The topological polar surface area (TPSA) is 89.8 Å². The second kappa shape index (κ2) is 9.98. The maximum absolute atomic E-state index is 12.1. The maximum atomic E-state index is 12.1. The van der Waals surface area contributed by atoms with E-state index in [1.807, 2.05) is 48.8 Å². The first kappa shape index (κ1) is 20.7. The number of carbonyl (C=O) groups excluding carboxylic acids is 2. The van der Waals surface area contributed by atoms with E-state index in [1.54, 1.807) is 0 Å². The fourth-order valence-corrected chi connectivity index (χ4v) is 3.94. The van der Waals surface area contributed by atoms with Gasteiger partial charge in [0.25, 0.3) is 0 Å². The Kier molecular flexibility index (Phi) is 6.67. The van der Waals surface area contributed by atoms with Crippen LogP contribution in [0, 0.1) is 0 Å². The average Bonchev–Trinajstić information content (AvgIpc) is 3.38. The Morgan fingerprint density at radius 1 is 0.677 bits per heavy atom. The largest absolute Gasteiger partial charge is 0.361 e. The monoisotopic (exact) mass is 416 g/mol. The molecule has 2 heterocycles. The molecule has 4 rings (SSSR count). The predicted octanol–water partition coefficient (Wildman–Crippen LogP) is 3.84. The van der Waals surface area contributed by atoms with Gasteiger partial charge in [0, 0.05) is 60.1 Å². The van der Waals surface area contributed by atoms with E-state index in [0.29, 0.717) is 32.4 Å². The molecule has 6 heteroatoms. The van der Waals surface area contributed by atoms with Crippen molar-refractivity contribution < 1.29 is 9.59 Å². The van der Waals surface area contributed by atoms with E-state index >= 15 is 0 Å². The molecule has 0 aliphatic rings. The second-order valence-electron chi connectivity index (χ2n) is 7.77. The number of aromatic amines is 2. The quantitative estimate of drug-likeness (QED) is 0.316. The van der Waals surface area contributed by atoms with Crippen molar-refractivity contribution in [3.05, 3.63) is 72.1 Å². The van der Waals surface area contributed by atoms with Crippen molar-refractivity contribution in [3.8, 4) is 0 Å². The van der Waals surface area contributed by atoms with Crippen LogP contribution in [0.4, 0.5) is 0 Å². The van der Waals surface area contributed by atoms with Crippen LogP contribution in [0.2, 0.25) is 0 Å². The third-order valence-electron chi connectivity index (χ3n) is 5.59. The first-order chi connectivity index (χ1) is 15.2. The molecule has 0 saturated heterocycles. The molecule has 2 aromatic heterocycles. The highest BCUT2D eigenvalue weighted by atomic mass is 16.2. The molecule has 0 aliphatic carbocycles. The van der Waals surface area contributed by atoms with Gasteiger partial charge in [-0.05, 0) is 42.5 Å². The van der Waals surface area contributed by atoms with Gasteiger partial charge in [-0.1, -0.05) is 36.4 Å². The second-order valence-corrected chi connectivity index (χ2v) is 7.77. The van der Waals surface area contributed by atoms with E-state index in [9.17, 15) is 9.59 Å². The molecule has 0 saturated carbocycles. The number of H-pyrrole nitrogens is 2. The lowest BCUT2D eigenvalue weighted by atomic mass is 10.1. The minimum atomic E-state index is -0.00793. The molecule has 160 valence electrons. The van der Waals surface area contributed by atoms with Crippen molar-refractivity contribution in [1.82, 2.24) is 20.6 Å². The molecule has 0 bridgehead atoms. The Hall–Kier alpha value is -3.54. The molecule has 2 aromatic carbocycles. The summed E-state index contributed by atoms with van der Waals surface area (Å²) in [5.41, 5.74) is 4.62. The molecule has 6 nitrogen and oxygen atoms in total. The Balaban J connectivity index is 1.10. The molecule has 0 spiro atoms. The van der Waals surface area contributed by atoms with Gasteiger partial charge < -0.3 is 20.6 Å². The number of carbonyl (C=O) groups is 2. The highest BCUT2D eigenvalue weighted by molar-refractivity contribution is 5.84. The Bertz CT molecular complexity index is 1080. The first-order valence-corrected chi connectivity index (χ1v) is 10.8. The van der Waals surface area contributed by atoms with Gasteiger partial charge in [0.1, 0.15) is 0 Å². The van der Waals surface area contributed by atoms with Crippen LogP contribution in [-0.2, 0) is 22.4 Å². The van der Waals surface area contributed by atoms with Crippen LogP contribution in [0.5, 0.6) is 0 Å². The zero-order valence-corrected chi connectivity index (χ0v) is 17.5. The van der Waals surface area contributed by atoms with Gasteiger partial charge in [-0.3, -0.25) is 9.59 Å². The van der Waals surface area contributed by atoms with Crippen LogP contribution < -0.4 is 10.6 Å². The number of fused-ring (bicyclic) bond motifs is 2. The van der Waals surface area contributed by atoms with Crippen molar-refractivity contribution in [2.75, 3.05) is 13.1 Å². The van der Waals surface area contributed by atoms with Gasteiger partial charge in [-0.15, -0.1) is 0 Å². The number of benzene rings is 2. The number of para-hydroxylation sites is 2. The average molecular weight is 417 g/mol. The van der Waals surface area contributed by atoms with Gasteiger partial charge >= 0.3 is 0 Å². The van der Waals surface area contributed by atoms with Crippen molar-refractivity contribution in [2.45, 2.75) is 32.1 Å². The Morgan fingerprint density at radius 2 is 1.13 bits per heavy atom. The van der Waals surface area contributed by atoms with Crippen LogP contribution in [0.1, 0.15) is 30.4 Å². The summed E-state index contributed by atoms with van der Waals surface area (Å²) >= 11 is 0. The molecule has 0 fully saturated rings. The van der Waals surface area contributed by atoms with Crippen LogP contribution >= 0.6 is 0 Å². The van der Waals surface area contributed by atoms with Gasteiger partial charge in [0.05, 0.1) is 0 Å². The van der Waals surface area contributed by atoms with E-state index in [2.05, 4.69) is 32.7 Å². The normalized spacial score (nSPS) is 11.1. The van der Waals surface area contributed by atoms with Crippen molar-refractivity contribution in [1.29, 1.82) is 0 Å². The number of hydrogen-bond acceptors (Lipinski definition) is 2. The van der Waals surface area contributed by atoms with Gasteiger partial charge in [0.15, 0.2) is 0 Å². The summed E-state index contributed by atoms with van der Waals surface area (Å²) in [6.07, 6.45) is 6.84. The van der Waals surface area contributed by atoms with E-state index < -0.39 is 0 Å². The molecule has 4 N–H and O–H groups in total. The molecule has 2 amide bonds. The summed E-state index contributed by atoms with van der Waals surface area (Å²) < 4.78 is 0. The Labute approximate surface area is 181 Å². The predicted molar refractivity (Wildman–Crippen MR) is 124 cm³/mol. The van der Waals surface area contributed by atoms with Crippen LogP contribution in [0.15, 0.2) is 60.9 Å². The molecular weight excluding hydrogens is 388 g/mol. The summed E-state index contributed by atoms with van der Waals surface area (Å²) in [4.78, 5) is 30.6. The lowest BCUT2D eigenvalue weighted by Crippen LogP contribution is -2.27. The number of nitrogens with one attached hydrogen (secondary N) is 4. The van der Waals surface area contributed by atoms with Crippen molar-refractivity contribution >= 4 is 33.6 Å². The molecule has 4 aromatic rings. The number of amides is 2. The van der Waals surface area contributed by atoms with Crippen LogP contribution in [-0.4, -0.2) is 34.9 Å². The number of rotatable bonds is 10. The maximum Gasteiger partial charge on any atom is 0.220 e. The number of aromatic nitrogens is 2. The van der Waals surface area contributed by atoms with E-state index in [-0.39, 0.29) is 11.8 Å². The van der Waals surface area contributed by atoms with Crippen LogP contribution in [0.25, 0.3) is 21.8 Å². The molecule has 0 atom stereocenters. The van der Waals surface area contributed by atoms with E-state index in [4.69, 9.17) is 0 Å². The van der Waals surface area contributed by atoms with Gasteiger partial charge in [-0.2, -0.15) is 0 Å². The van der Waals surface area contributed by atoms with Gasteiger partial charge in [-0.25, -0.2) is 0 Å². The lowest BCUT2D eigenvalue weighted by Gasteiger charge is -2.06. The van der Waals surface area contributed by atoms with E-state index in [0.717, 1.165) is 23.9 Å². The zero-order valence-electron chi connectivity index (χ0n) is 17.5. The fraction of sp³-hybridized carbons (Fsp3) is 0.280. The first-order valence-electron chi connectivity index (χ1n) is 10.8. The minimum Gasteiger partial charge on any atom is -0.361 e. The highest BCUT2D eigenvalue weighted by Gasteiger charge is 2.08.